The number of hydrogen-bond acceptors (Lipinski definition) is 2. The molecule has 2 nitrogen and oxygen atoms in total. The van der Waals surface area contributed by atoms with Crippen molar-refractivity contribution < 1.29 is 10.2 Å². The summed E-state index contributed by atoms with van der Waals surface area (Å²) >= 11 is 0. The SMILES string of the molecule is C[C@@H]1CC[C@H](CO)[C@@H]1O. The molecule has 0 saturated heterocycles. The maximum Gasteiger partial charge on any atom is 0.0615 e. The fraction of sp³-hybridized carbons (Fsp3) is 1.00. The van der Waals surface area contributed by atoms with Crippen LogP contribution in [0, 0.1) is 11.8 Å². The van der Waals surface area contributed by atoms with E-state index in [2.05, 4.69) is 0 Å². The average Bonchev–Trinajstić information content (AvgIpc) is 2.15. The largest absolute Gasteiger partial charge is 0.396 e. The van der Waals surface area contributed by atoms with E-state index in [4.69, 9.17) is 5.11 Å². The van der Waals surface area contributed by atoms with Gasteiger partial charge in [-0.3, -0.25) is 0 Å². The second kappa shape index (κ2) is 2.67. The van der Waals surface area contributed by atoms with Gasteiger partial charge in [-0.1, -0.05) is 6.92 Å². The molecular weight excluding hydrogens is 116 g/mol. The third-order valence-corrected chi connectivity index (χ3v) is 2.29. The molecule has 2 N–H and O–H groups in total. The van der Waals surface area contributed by atoms with Crippen molar-refractivity contribution in [3.8, 4) is 0 Å². The molecule has 0 aromatic heterocycles. The Balaban J connectivity index is 2.41. The summed E-state index contributed by atoms with van der Waals surface area (Å²) in [5.41, 5.74) is 0. The molecule has 0 amide bonds. The van der Waals surface area contributed by atoms with Crippen LogP contribution >= 0.6 is 0 Å². The van der Waals surface area contributed by atoms with Crippen molar-refractivity contribution >= 4 is 0 Å². The first-order valence-electron chi connectivity index (χ1n) is 3.54. The highest BCUT2D eigenvalue weighted by Gasteiger charge is 2.30. The van der Waals surface area contributed by atoms with Crippen molar-refractivity contribution in [1.29, 1.82) is 0 Å². The van der Waals surface area contributed by atoms with Gasteiger partial charge in [-0.15, -0.1) is 0 Å². The van der Waals surface area contributed by atoms with Gasteiger partial charge in [-0.05, 0) is 18.8 Å². The summed E-state index contributed by atoms with van der Waals surface area (Å²) in [5, 5.41) is 18.0. The monoisotopic (exact) mass is 130 g/mol. The normalized spacial score (nSPS) is 43.7. The molecule has 54 valence electrons. The predicted molar refractivity (Wildman–Crippen MR) is 35.0 cm³/mol. The maximum absolute atomic E-state index is 9.30. The smallest absolute Gasteiger partial charge is 0.0615 e. The number of aliphatic hydroxyl groups is 2. The molecule has 1 fully saturated rings. The number of aliphatic hydroxyl groups excluding tert-OH is 2. The minimum Gasteiger partial charge on any atom is -0.396 e. The van der Waals surface area contributed by atoms with Crippen LogP contribution in [0.3, 0.4) is 0 Å². The van der Waals surface area contributed by atoms with Crippen LogP contribution < -0.4 is 0 Å². The van der Waals surface area contributed by atoms with Crippen LogP contribution in [0.1, 0.15) is 19.8 Å². The fourth-order valence-corrected chi connectivity index (χ4v) is 1.48. The van der Waals surface area contributed by atoms with Gasteiger partial charge >= 0.3 is 0 Å². The Morgan fingerprint density at radius 3 is 2.33 bits per heavy atom. The van der Waals surface area contributed by atoms with Gasteiger partial charge in [0.05, 0.1) is 6.10 Å². The molecule has 0 spiro atoms. The van der Waals surface area contributed by atoms with Crippen molar-refractivity contribution in [2.45, 2.75) is 25.9 Å². The zero-order chi connectivity index (χ0) is 6.85. The summed E-state index contributed by atoms with van der Waals surface area (Å²) in [7, 11) is 0. The van der Waals surface area contributed by atoms with Crippen LogP contribution in [0.4, 0.5) is 0 Å². The van der Waals surface area contributed by atoms with Gasteiger partial charge in [0.25, 0.3) is 0 Å². The third-order valence-electron chi connectivity index (χ3n) is 2.29. The van der Waals surface area contributed by atoms with Gasteiger partial charge in [0.15, 0.2) is 0 Å². The van der Waals surface area contributed by atoms with E-state index in [1.807, 2.05) is 6.92 Å². The summed E-state index contributed by atoms with van der Waals surface area (Å²) in [5.74, 6) is 0.544. The lowest BCUT2D eigenvalue weighted by Crippen LogP contribution is -2.21. The van der Waals surface area contributed by atoms with Crippen LogP contribution in [0.25, 0.3) is 0 Å². The van der Waals surface area contributed by atoms with Crippen LogP contribution in [0.5, 0.6) is 0 Å². The average molecular weight is 130 g/mol. The number of rotatable bonds is 1. The predicted octanol–water partition coefficient (Wildman–Crippen LogP) is 0.386. The van der Waals surface area contributed by atoms with Crippen LogP contribution in [-0.4, -0.2) is 22.9 Å². The first-order chi connectivity index (χ1) is 4.25. The molecule has 0 bridgehead atoms. The summed E-state index contributed by atoms with van der Waals surface area (Å²) in [4.78, 5) is 0. The van der Waals surface area contributed by atoms with Gasteiger partial charge in [-0.2, -0.15) is 0 Å². The topological polar surface area (TPSA) is 40.5 Å². The Morgan fingerprint density at radius 1 is 1.44 bits per heavy atom. The summed E-state index contributed by atoms with van der Waals surface area (Å²) < 4.78 is 0. The van der Waals surface area contributed by atoms with Crippen molar-refractivity contribution in [2.75, 3.05) is 6.61 Å². The highest BCUT2D eigenvalue weighted by atomic mass is 16.3. The first-order valence-corrected chi connectivity index (χ1v) is 3.54. The van der Waals surface area contributed by atoms with E-state index in [0.29, 0.717) is 5.92 Å². The lowest BCUT2D eigenvalue weighted by Gasteiger charge is -2.13. The summed E-state index contributed by atoms with van der Waals surface area (Å²) in [6.07, 6.45) is 1.79. The summed E-state index contributed by atoms with van der Waals surface area (Å²) in [6.45, 7) is 2.17. The standard InChI is InChI=1S/C7H14O2/c1-5-2-3-6(4-8)7(5)9/h5-9H,2-4H2,1H3/t5-,6-,7-/m1/s1. The minimum absolute atomic E-state index is 0.144. The van der Waals surface area contributed by atoms with Crippen molar-refractivity contribution in [3.63, 3.8) is 0 Å². The Bertz CT molecular complexity index is 92.9. The molecule has 0 aromatic rings. The molecule has 1 aliphatic carbocycles. The second-order valence-corrected chi connectivity index (χ2v) is 2.99. The molecule has 1 saturated carbocycles. The molecular formula is C7H14O2. The van der Waals surface area contributed by atoms with Crippen LogP contribution in [-0.2, 0) is 0 Å². The lowest BCUT2D eigenvalue weighted by atomic mass is 10.0. The van der Waals surface area contributed by atoms with Gasteiger partial charge < -0.3 is 10.2 Å². The molecule has 1 rings (SSSR count). The Kier molecular flexibility index (Phi) is 2.09. The van der Waals surface area contributed by atoms with Gasteiger partial charge in [0.2, 0.25) is 0 Å². The van der Waals surface area contributed by atoms with Gasteiger partial charge in [0.1, 0.15) is 0 Å². The van der Waals surface area contributed by atoms with Gasteiger partial charge in [0, 0.05) is 12.5 Å². The molecule has 9 heavy (non-hydrogen) atoms. The quantitative estimate of drug-likeness (QED) is 0.539. The first kappa shape index (κ1) is 7.03. The zero-order valence-corrected chi connectivity index (χ0v) is 5.75. The Hall–Kier alpha value is -0.0800. The van der Waals surface area contributed by atoms with E-state index in [-0.39, 0.29) is 18.6 Å². The molecule has 0 aromatic carbocycles. The molecule has 3 atom stereocenters. The van der Waals surface area contributed by atoms with Gasteiger partial charge in [-0.25, -0.2) is 0 Å². The lowest BCUT2D eigenvalue weighted by molar-refractivity contribution is 0.0661. The molecule has 0 heterocycles. The number of hydrogen-bond donors (Lipinski definition) is 2. The van der Waals surface area contributed by atoms with E-state index in [9.17, 15) is 5.11 Å². The van der Waals surface area contributed by atoms with Crippen molar-refractivity contribution in [2.24, 2.45) is 11.8 Å². The molecule has 0 unspecified atom stereocenters. The third kappa shape index (κ3) is 1.25. The van der Waals surface area contributed by atoms with Crippen LogP contribution in [0.15, 0.2) is 0 Å². The zero-order valence-electron chi connectivity index (χ0n) is 5.75. The van der Waals surface area contributed by atoms with Crippen molar-refractivity contribution in [3.05, 3.63) is 0 Å². The van der Waals surface area contributed by atoms with E-state index >= 15 is 0 Å². The summed E-state index contributed by atoms with van der Waals surface area (Å²) in [6, 6.07) is 0. The van der Waals surface area contributed by atoms with E-state index in [1.165, 1.54) is 0 Å². The van der Waals surface area contributed by atoms with E-state index < -0.39 is 0 Å². The highest BCUT2D eigenvalue weighted by Crippen LogP contribution is 2.30. The second-order valence-electron chi connectivity index (χ2n) is 2.99. The fourth-order valence-electron chi connectivity index (χ4n) is 1.48. The molecule has 0 aliphatic heterocycles. The Labute approximate surface area is 55.5 Å². The van der Waals surface area contributed by atoms with Crippen LogP contribution in [0.2, 0.25) is 0 Å². The van der Waals surface area contributed by atoms with Crippen molar-refractivity contribution in [1.82, 2.24) is 0 Å². The minimum atomic E-state index is -0.255. The van der Waals surface area contributed by atoms with E-state index in [1.54, 1.807) is 0 Å². The molecule has 2 heteroatoms. The maximum atomic E-state index is 9.30. The molecule has 1 aliphatic rings. The van der Waals surface area contributed by atoms with E-state index in [0.717, 1.165) is 12.8 Å². The molecule has 0 radical (unpaired) electrons. The highest BCUT2D eigenvalue weighted by molar-refractivity contribution is 4.81. The Morgan fingerprint density at radius 2 is 2.11 bits per heavy atom.